The van der Waals surface area contributed by atoms with Crippen molar-refractivity contribution >= 4 is 17.2 Å². The van der Waals surface area contributed by atoms with E-state index < -0.39 is 0 Å². The van der Waals surface area contributed by atoms with Crippen LogP contribution < -0.4 is 11.1 Å². The summed E-state index contributed by atoms with van der Waals surface area (Å²) >= 11 is 1.63. The van der Waals surface area contributed by atoms with Crippen LogP contribution in [0.4, 0.5) is 0 Å². The quantitative estimate of drug-likeness (QED) is 0.778. The average Bonchev–Trinajstić information content (AvgIpc) is 2.83. The molecule has 1 aliphatic carbocycles. The third kappa shape index (κ3) is 2.51. The summed E-state index contributed by atoms with van der Waals surface area (Å²) in [5.41, 5.74) is 6.68. The number of nitrogens with one attached hydrogen (secondary N) is 1. The molecule has 1 aromatic rings. The Hall–Kier alpha value is -1.13. The number of fused-ring (bicyclic) bond motifs is 1. The highest BCUT2D eigenvalue weighted by Gasteiger charge is 2.17. The minimum atomic E-state index is 0.0288. The van der Waals surface area contributed by atoms with Crippen molar-refractivity contribution in [2.75, 3.05) is 13.1 Å². The number of hydrogen-bond acceptors (Lipinski definition) is 3. The normalized spacial score (nSPS) is 14.3. The molecule has 0 aromatic carbocycles. The van der Waals surface area contributed by atoms with Gasteiger partial charge < -0.3 is 11.1 Å². The molecule has 1 aliphatic rings. The average molecular weight is 236 g/mol. The molecule has 0 spiro atoms. The van der Waals surface area contributed by atoms with Crippen LogP contribution in [-0.2, 0) is 12.8 Å². The van der Waals surface area contributed by atoms with E-state index >= 15 is 0 Å². The summed E-state index contributed by atoms with van der Waals surface area (Å²) in [6.45, 7) is 1.07. The van der Waals surface area contributed by atoms with Crippen molar-refractivity contribution in [1.82, 2.24) is 5.32 Å². The number of carbonyl (C=O) groups excluding carboxylic acids is 1. The molecule has 0 bridgehead atoms. The van der Waals surface area contributed by atoms with Crippen LogP contribution in [0.1, 0.15) is 26.5 Å². The molecule has 0 atom stereocenters. The number of thiophene rings is 1. The molecule has 0 aliphatic heterocycles. The molecule has 86 valence electrons. The summed E-state index contributed by atoms with van der Waals surface area (Å²) in [5.74, 6) is 0.0288. The molecular formula is C12H16N2OS. The summed E-state index contributed by atoms with van der Waals surface area (Å²) in [6.07, 6.45) is 7.22. The summed E-state index contributed by atoms with van der Waals surface area (Å²) in [4.78, 5) is 14.0. The van der Waals surface area contributed by atoms with Gasteiger partial charge in [0, 0.05) is 18.0 Å². The van der Waals surface area contributed by atoms with Gasteiger partial charge in [0.25, 0.3) is 5.91 Å². The monoisotopic (exact) mass is 236 g/mol. The Balaban J connectivity index is 1.91. The summed E-state index contributed by atoms with van der Waals surface area (Å²) in [6, 6.07) is 2.04. The van der Waals surface area contributed by atoms with Gasteiger partial charge in [-0.2, -0.15) is 0 Å². The van der Waals surface area contributed by atoms with E-state index in [1.165, 1.54) is 16.9 Å². The van der Waals surface area contributed by atoms with Crippen molar-refractivity contribution in [3.8, 4) is 0 Å². The van der Waals surface area contributed by atoms with Crippen LogP contribution in [0.2, 0.25) is 0 Å². The van der Waals surface area contributed by atoms with Crippen molar-refractivity contribution in [2.24, 2.45) is 5.73 Å². The molecular weight excluding hydrogens is 220 g/mol. The molecule has 2 rings (SSSR count). The maximum absolute atomic E-state index is 11.7. The van der Waals surface area contributed by atoms with E-state index in [0.717, 1.165) is 17.7 Å². The zero-order valence-electron chi connectivity index (χ0n) is 9.16. The van der Waals surface area contributed by atoms with Gasteiger partial charge in [0.2, 0.25) is 0 Å². The van der Waals surface area contributed by atoms with Gasteiger partial charge in [-0.3, -0.25) is 4.79 Å². The number of hydrogen-bond donors (Lipinski definition) is 2. The van der Waals surface area contributed by atoms with Gasteiger partial charge in [-0.15, -0.1) is 11.3 Å². The first kappa shape index (κ1) is 11.4. The first-order valence-corrected chi connectivity index (χ1v) is 6.37. The Morgan fingerprint density at radius 3 is 3.12 bits per heavy atom. The lowest BCUT2D eigenvalue weighted by atomic mass is 10.2. The van der Waals surface area contributed by atoms with Crippen molar-refractivity contribution in [2.45, 2.75) is 19.3 Å². The summed E-state index contributed by atoms with van der Waals surface area (Å²) < 4.78 is 0. The van der Waals surface area contributed by atoms with E-state index in [1.54, 1.807) is 11.3 Å². The minimum Gasteiger partial charge on any atom is -0.348 e. The second kappa shape index (κ2) is 5.27. The van der Waals surface area contributed by atoms with Gasteiger partial charge in [-0.05, 0) is 30.9 Å². The van der Waals surface area contributed by atoms with Crippen molar-refractivity contribution < 1.29 is 4.79 Å². The predicted octanol–water partition coefficient (Wildman–Crippen LogP) is 1.48. The van der Waals surface area contributed by atoms with Crippen LogP contribution in [0, 0.1) is 0 Å². The highest BCUT2D eigenvalue weighted by Crippen LogP contribution is 2.30. The largest absolute Gasteiger partial charge is 0.348 e. The molecule has 1 heterocycles. The summed E-state index contributed by atoms with van der Waals surface area (Å²) in [5, 5.41) is 2.85. The van der Waals surface area contributed by atoms with E-state index in [9.17, 15) is 4.79 Å². The van der Waals surface area contributed by atoms with E-state index in [1.807, 2.05) is 18.2 Å². The van der Waals surface area contributed by atoms with E-state index in [0.29, 0.717) is 13.1 Å². The number of rotatable bonds is 4. The lowest BCUT2D eigenvalue weighted by Gasteiger charge is -1.98. The number of carbonyl (C=O) groups is 1. The standard InChI is InChI=1S/C12H16N2OS/c13-6-1-2-7-14-12(15)11-8-9-4-3-5-10(9)16-11/h1-2,8H,3-7,13H2,(H,14,15)/b2-1+. The van der Waals surface area contributed by atoms with Crippen LogP contribution in [0.3, 0.4) is 0 Å². The smallest absolute Gasteiger partial charge is 0.261 e. The van der Waals surface area contributed by atoms with Crippen LogP contribution in [0.5, 0.6) is 0 Å². The van der Waals surface area contributed by atoms with Crippen LogP contribution in [0.25, 0.3) is 0 Å². The zero-order valence-corrected chi connectivity index (χ0v) is 9.98. The van der Waals surface area contributed by atoms with Gasteiger partial charge in [-0.1, -0.05) is 12.2 Å². The van der Waals surface area contributed by atoms with Crippen LogP contribution in [-0.4, -0.2) is 19.0 Å². The first-order chi connectivity index (χ1) is 7.81. The van der Waals surface area contributed by atoms with Crippen LogP contribution >= 0.6 is 11.3 Å². The van der Waals surface area contributed by atoms with Crippen LogP contribution in [0.15, 0.2) is 18.2 Å². The highest BCUT2D eigenvalue weighted by molar-refractivity contribution is 7.14. The van der Waals surface area contributed by atoms with E-state index in [2.05, 4.69) is 5.32 Å². The van der Waals surface area contributed by atoms with E-state index in [-0.39, 0.29) is 5.91 Å². The predicted molar refractivity (Wildman–Crippen MR) is 66.9 cm³/mol. The fraction of sp³-hybridized carbons (Fsp3) is 0.417. The maximum Gasteiger partial charge on any atom is 0.261 e. The molecule has 0 radical (unpaired) electrons. The molecule has 3 N–H and O–H groups in total. The summed E-state index contributed by atoms with van der Waals surface area (Å²) in [7, 11) is 0. The Labute approximate surface area is 99.3 Å². The second-order valence-corrected chi connectivity index (χ2v) is 4.97. The zero-order chi connectivity index (χ0) is 11.4. The van der Waals surface area contributed by atoms with Gasteiger partial charge in [0.1, 0.15) is 0 Å². The van der Waals surface area contributed by atoms with E-state index in [4.69, 9.17) is 5.73 Å². The van der Waals surface area contributed by atoms with Gasteiger partial charge >= 0.3 is 0 Å². The fourth-order valence-corrected chi connectivity index (χ4v) is 3.03. The Bertz CT molecular complexity index is 388. The third-order valence-electron chi connectivity index (χ3n) is 2.65. The fourth-order valence-electron chi connectivity index (χ4n) is 1.86. The Morgan fingerprint density at radius 1 is 1.50 bits per heavy atom. The molecule has 1 aromatic heterocycles. The molecule has 0 saturated heterocycles. The third-order valence-corrected chi connectivity index (χ3v) is 3.89. The number of nitrogens with two attached hydrogens (primary N) is 1. The molecule has 3 nitrogen and oxygen atoms in total. The molecule has 0 fully saturated rings. The highest BCUT2D eigenvalue weighted by atomic mass is 32.1. The van der Waals surface area contributed by atoms with Gasteiger partial charge in [0.15, 0.2) is 0 Å². The topological polar surface area (TPSA) is 55.1 Å². The number of aryl methyl sites for hydroxylation is 2. The van der Waals surface area contributed by atoms with Crippen molar-refractivity contribution in [3.63, 3.8) is 0 Å². The lowest BCUT2D eigenvalue weighted by molar-refractivity contribution is 0.0962. The maximum atomic E-state index is 11.7. The molecule has 4 heteroatoms. The second-order valence-electron chi connectivity index (χ2n) is 3.83. The number of amides is 1. The lowest BCUT2D eigenvalue weighted by Crippen LogP contribution is -2.22. The van der Waals surface area contributed by atoms with Crippen molar-refractivity contribution in [1.29, 1.82) is 0 Å². The molecule has 1 amide bonds. The minimum absolute atomic E-state index is 0.0288. The molecule has 0 unspecified atom stereocenters. The molecule has 16 heavy (non-hydrogen) atoms. The van der Waals surface area contributed by atoms with Gasteiger partial charge in [-0.25, -0.2) is 0 Å². The first-order valence-electron chi connectivity index (χ1n) is 5.56. The van der Waals surface area contributed by atoms with Gasteiger partial charge in [0.05, 0.1) is 4.88 Å². The SMILES string of the molecule is NC/C=C/CNC(=O)c1cc2c(s1)CCC2. The molecule has 0 saturated carbocycles. The Morgan fingerprint density at radius 2 is 2.38 bits per heavy atom. The van der Waals surface area contributed by atoms with Crippen molar-refractivity contribution in [3.05, 3.63) is 33.5 Å². The Kier molecular flexibility index (Phi) is 3.74.